The highest BCUT2D eigenvalue weighted by Gasteiger charge is 2.29. The first-order chi connectivity index (χ1) is 12.7. The first-order valence-corrected chi connectivity index (χ1v) is 9.24. The van der Waals surface area contributed by atoms with E-state index >= 15 is 0 Å². The minimum absolute atomic E-state index is 0.143. The van der Waals surface area contributed by atoms with Crippen molar-refractivity contribution < 1.29 is 14.1 Å². The van der Waals surface area contributed by atoms with Gasteiger partial charge in [0.05, 0.1) is 7.11 Å². The van der Waals surface area contributed by atoms with Crippen molar-refractivity contribution in [1.29, 1.82) is 0 Å². The number of rotatable bonds is 5. The lowest BCUT2D eigenvalue weighted by molar-refractivity contribution is -0.131. The summed E-state index contributed by atoms with van der Waals surface area (Å²) in [7, 11) is 1.62. The molecule has 7 nitrogen and oxygen atoms in total. The summed E-state index contributed by atoms with van der Waals surface area (Å²) >= 11 is 0. The van der Waals surface area contributed by atoms with Gasteiger partial charge in [0.1, 0.15) is 12.3 Å². The van der Waals surface area contributed by atoms with Gasteiger partial charge < -0.3 is 19.1 Å². The van der Waals surface area contributed by atoms with Crippen molar-refractivity contribution >= 4 is 11.9 Å². The fourth-order valence-corrected chi connectivity index (χ4v) is 3.79. The average Bonchev–Trinajstić information content (AvgIpc) is 3.35. The number of carbonyl (C=O) groups excluding carboxylic acids is 1. The van der Waals surface area contributed by atoms with Gasteiger partial charge in [-0.1, -0.05) is 30.1 Å². The summed E-state index contributed by atoms with van der Waals surface area (Å²) in [5, 5.41) is 4.06. The van der Waals surface area contributed by atoms with Gasteiger partial charge in [-0.3, -0.25) is 4.79 Å². The number of anilines is 1. The van der Waals surface area contributed by atoms with Crippen LogP contribution in [0.5, 0.6) is 5.75 Å². The second kappa shape index (κ2) is 7.35. The fraction of sp³-hybridized carbons (Fsp3) is 0.526. The molecule has 2 aliphatic rings. The van der Waals surface area contributed by atoms with E-state index in [0.29, 0.717) is 30.8 Å². The molecule has 0 N–H and O–H groups in total. The topological polar surface area (TPSA) is 71.7 Å². The van der Waals surface area contributed by atoms with E-state index in [1.807, 2.05) is 34.1 Å². The van der Waals surface area contributed by atoms with Crippen LogP contribution in [0.2, 0.25) is 0 Å². The SMILES string of the molecule is COc1cccc(-c2noc(N3CCN(CC4CCCC4)C(=O)C3)n2)c1. The van der Waals surface area contributed by atoms with Crippen LogP contribution in [0.1, 0.15) is 25.7 Å². The number of amides is 1. The number of ether oxygens (including phenoxy) is 1. The van der Waals surface area contributed by atoms with Crippen molar-refractivity contribution in [2.24, 2.45) is 5.92 Å². The molecule has 0 radical (unpaired) electrons. The second-order valence-corrected chi connectivity index (χ2v) is 7.04. The van der Waals surface area contributed by atoms with Gasteiger partial charge >= 0.3 is 6.01 Å². The van der Waals surface area contributed by atoms with Gasteiger partial charge in [0.2, 0.25) is 11.7 Å². The minimum Gasteiger partial charge on any atom is -0.497 e. The van der Waals surface area contributed by atoms with Gasteiger partial charge in [-0.05, 0) is 30.9 Å². The van der Waals surface area contributed by atoms with Crippen LogP contribution in [0.3, 0.4) is 0 Å². The molecule has 1 aliphatic heterocycles. The van der Waals surface area contributed by atoms with Crippen LogP contribution in [-0.2, 0) is 4.79 Å². The number of methoxy groups -OCH3 is 1. The quantitative estimate of drug-likeness (QED) is 0.820. The van der Waals surface area contributed by atoms with Crippen molar-refractivity contribution in [2.75, 3.05) is 38.2 Å². The molecule has 1 amide bonds. The molecular weight excluding hydrogens is 332 g/mol. The summed E-state index contributed by atoms with van der Waals surface area (Å²) in [6.07, 6.45) is 5.10. The van der Waals surface area contributed by atoms with Crippen LogP contribution in [0.25, 0.3) is 11.4 Å². The van der Waals surface area contributed by atoms with Crippen molar-refractivity contribution in [1.82, 2.24) is 15.0 Å². The van der Waals surface area contributed by atoms with E-state index in [0.717, 1.165) is 24.4 Å². The molecule has 1 saturated carbocycles. The summed E-state index contributed by atoms with van der Waals surface area (Å²) in [5.41, 5.74) is 0.825. The van der Waals surface area contributed by atoms with Crippen LogP contribution < -0.4 is 9.64 Å². The smallest absolute Gasteiger partial charge is 0.324 e. The predicted octanol–water partition coefficient (Wildman–Crippen LogP) is 2.58. The van der Waals surface area contributed by atoms with Crippen molar-refractivity contribution in [3.63, 3.8) is 0 Å². The van der Waals surface area contributed by atoms with E-state index in [1.54, 1.807) is 7.11 Å². The third-order valence-corrected chi connectivity index (χ3v) is 5.29. The number of nitrogens with zero attached hydrogens (tertiary/aromatic N) is 4. The Morgan fingerprint density at radius 1 is 1.27 bits per heavy atom. The van der Waals surface area contributed by atoms with Crippen LogP contribution in [0.15, 0.2) is 28.8 Å². The number of carbonyl (C=O) groups is 1. The molecule has 1 aliphatic carbocycles. The summed E-state index contributed by atoms with van der Waals surface area (Å²) in [5.74, 6) is 2.06. The molecule has 138 valence electrons. The Bertz CT molecular complexity index is 770. The Morgan fingerprint density at radius 3 is 2.88 bits per heavy atom. The van der Waals surface area contributed by atoms with E-state index in [2.05, 4.69) is 10.1 Å². The average molecular weight is 356 g/mol. The highest BCUT2D eigenvalue weighted by molar-refractivity contribution is 5.82. The lowest BCUT2D eigenvalue weighted by atomic mass is 10.1. The molecule has 0 unspecified atom stereocenters. The summed E-state index contributed by atoms with van der Waals surface area (Å²) in [4.78, 5) is 20.8. The number of hydrogen-bond acceptors (Lipinski definition) is 6. The largest absolute Gasteiger partial charge is 0.497 e. The number of piperazine rings is 1. The lowest BCUT2D eigenvalue weighted by Gasteiger charge is -2.34. The zero-order chi connectivity index (χ0) is 17.9. The van der Waals surface area contributed by atoms with Crippen molar-refractivity contribution in [3.05, 3.63) is 24.3 Å². The molecule has 26 heavy (non-hydrogen) atoms. The fourth-order valence-electron chi connectivity index (χ4n) is 3.79. The molecule has 2 heterocycles. The number of benzene rings is 1. The molecule has 0 bridgehead atoms. The lowest BCUT2D eigenvalue weighted by Crippen LogP contribution is -2.51. The maximum atomic E-state index is 12.5. The first kappa shape index (κ1) is 16.9. The zero-order valence-corrected chi connectivity index (χ0v) is 15.1. The Morgan fingerprint density at radius 2 is 2.12 bits per heavy atom. The molecular formula is C19H24N4O3. The van der Waals surface area contributed by atoms with Crippen LogP contribution in [0.4, 0.5) is 6.01 Å². The Labute approximate surface area is 152 Å². The van der Waals surface area contributed by atoms with Crippen molar-refractivity contribution in [2.45, 2.75) is 25.7 Å². The number of hydrogen-bond donors (Lipinski definition) is 0. The molecule has 1 aromatic heterocycles. The molecule has 2 aromatic rings. The zero-order valence-electron chi connectivity index (χ0n) is 15.1. The van der Waals surface area contributed by atoms with Gasteiger partial charge in [0.25, 0.3) is 0 Å². The molecule has 0 atom stereocenters. The summed E-state index contributed by atoms with van der Waals surface area (Å²) < 4.78 is 10.6. The molecule has 1 aromatic carbocycles. The van der Waals surface area contributed by atoms with E-state index in [4.69, 9.17) is 9.26 Å². The monoisotopic (exact) mass is 356 g/mol. The van der Waals surface area contributed by atoms with Gasteiger partial charge in [-0.2, -0.15) is 4.98 Å². The van der Waals surface area contributed by atoms with Gasteiger partial charge in [-0.15, -0.1) is 0 Å². The summed E-state index contributed by atoms with van der Waals surface area (Å²) in [6, 6.07) is 7.92. The third-order valence-electron chi connectivity index (χ3n) is 5.29. The maximum Gasteiger partial charge on any atom is 0.324 e. The molecule has 4 rings (SSSR count). The molecule has 1 saturated heterocycles. The predicted molar refractivity (Wildman–Crippen MR) is 97.0 cm³/mol. The van der Waals surface area contributed by atoms with Crippen molar-refractivity contribution in [3.8, 4) is 17.1 Å². The highest BCUT2D eigenvalue weighted by atomic mass is 16.5. The molecule has 0 spiro atoms. The number of aromatic nitrogens is 2. The van der Waals surface area contributed by atoms with E-state index in [1.165, 1.54) is 25.7 Å². The van der Waals surface area contributed by atoms with Gasteiger partial charge in [0.15, 0.2) is 0 Å². The minimum atomic E-state index is 0.143. The summed E-state index contributed by atoms with van der Waals surface area (Å²) in [6.45, 7) is 2.63. The van der Waals surface area contributed by atoms with Gasteiger partial charge in [0, 0.05) is 25.2 Å². The normalized spacial score (nSPS) is 18.6. The van der Waals surface area contributed by atoms with Gasteiger partial charge in [-0.25, -0.2) is 0 Å². The highest BCUT2D eigenvalue weighted by Crippen LogP contribution is 2.27. The standard InChI is InChI=1S/C19H24N4O3/c1-25-16-8-4-7-15(11-16)18-20-19(26-21-18)23-10-9-22(17(24)13-23)12-14-5-2-3-6-14/h4,7-8,11,14H,2-3,5-6,9-10,12-13H2,1H3. The van der Waals surface area contributed by atoms with Crippen LogP contribution in [-0.4, -0.2) is 54.2 Å². The van der Waals surface area contributed by atoms with Crippen LogP contribution >= 0.6 is 0 Å². The third kappa shape index (κ3) is 3.52. The second-order valence-electron chi connectivity index (χ2n) is 7.04. The maximum absolute atomic E-state index is 12.5. The molecule has 2 fully saturated rings. The molecule has 7 heteroatoms. The van der Waals surface area contributed by atoms with Crippen LogP contribution in [0, 0.1) is 5.92 Å². The van der Waals surface area contributed by atoms with E-state index in [9.17, 15) is 4.79 Å². The Hall–Kier alpha value is -2.57. The Balaban J connectivity index is 1.41. The first-order valence-electron chi connectivity index (χ1n) is 9.24. The van der Waals surface area contributed by atoms with E-state index in [-0.39, 0.29) is 5.91 Å². The van der Waals surface area contributed by atoms with E-state index < -0.39 is 0 Å². The Kier molecular flexibility index (Phi) is 4.77.